The number of halogens is 2. The van der Waals surface area contributed by atoms with Crippen LogP contribution in [0.15, 0.2) is 45.5 Å². The van der Waals surface area contributed by atoms with Crippen LogP contribution < -0.4 is 5.73 Å². The molecule has 1 atom stereocenters. The lowest BCUT2D eigenvalue weighted by atomic mass is 10.0. The van der Waals surface area contributed by atoms with Crippen LogP contribution in [0.5, 0.6) is 0 Å². The summed E-state index contributed by atoms with van der Waals surface area (Å²) in [4.78, 5) is 4.39. The molecular formula is C14H14Br2N2. The van der Waals surface area contributed by atoms with Crippen LogP contribution in [0.1, 0.15) is 22.9 Å². The lowest BCUT2D eigenvalue weighted by Gasteiger charge is -2.15. The smallest absolute Gasteiger partial charge is 0.0451 e. The molecule has 2 rings (SSSR count). The van der Waals surface area contributed by atoms with Gasteiger partial charge in [0.1, 0.15) is 0 Å². The molecule has 0 radical (unpaired) electrons. The maximum absolute atomic E-state index is 6.27. The molecule has 2 nitrogen and oxygen atoms in total. The highest BCUT2D eigenvalue weighted by Crippen LogP contribution is 2.27. The summed E-state index contributed by atoms with van der Waals surface area (Å²) in [6, 6.07) is 9.99. The van der Waals surface area contributed by atoms with Crippen LogP contribution in [-0.4, -0.2) is 4.98 Å². The van der Waals surface area contributed by atoms with Crippen molar-refractivity contribution in [1.82, 2.24) is 4.98 Å². The van der Waals surface area contributed by atoms with E-state index in [0.29, 0.717) is 0 Å². The van der Waals surface area contributed by atoms with E-state index in [4.69, 9.17) is 5.73 Å². The van der Waals surface area contributed by atoms with Gasteiger partial charge in [-0.05, 0) is 42.3 Å². The van der Waals surface area contributed by atoms with E-state index in [2.05, 4.69) is 49.8 Å². The Bertz CT molecular complexity index is 555. The highest BCUT2D eigenvalue weighted by molar-refractivity contribution is 9.11. The van der Waals surface area contributed by atoms with Gasteiger partial charge in [0.15, 0.2) is 0 Å². The van der Waals surface area contributed by atoms with Crippen molar-refractivity contribution in [2.45, 2.75) is 19.4 Å². The zero-order valence-electron chi connectivity index (χ0n) is 10.0. The first-order chi connectivity index (χ1) is 8.58. The van der Waals surface area contributed by atoms with E-state index >= 15 is 0 Å². The van der Waals surface area contributed by atoms with E-state index in [1.165, 1.54) is 5.56 Å². The fraction of sp³-hybridized carbons (Fsp3) is 0.214. The standard InChI is InChI=1S/C14H14Br2N2/c1-9-3-2-6-18-14(9)8-13(17)11-7-10(15)4-5-12(11)16/h2-7,13H,8,17H2,1H3. The van der Waals surface area contributed by atoms with Gasteiger partial charge in [0.05, 0.1) is 0 Å². The summed E-state index contributed by atoms with van der Waals surface area (Å²) in [5, 5.41) is 0. The molecule has 0 spiro atoms. The van der Waals surface area contributed by atoms with E-state index in [9.17, 15) is 0 Å². The monoisotopic (exact) mass is 368 g/mol. The number of aromatic nitrogens is 1. The Morgan fingerprint density at radius 2 is 2.06 bits per heavy atom. The molecule has 0 saturated heterocycles. The van der Waals surface area contributed by atoms with Crippen molar-refractivity contribution in [2.24, 2.45) is 5.73 Å². The van der Waals surface area contributed by atoms with Gasteiger partial charge in [0.25, 0.3) is 0 Å². The van der Waals surface area contributed by atoms with E-state index in [-0.39, 0.29) is 6.04 Å². The largest absolute Gasteiger partial charge is 0.324 e. The molecule has 94 valence electrons. The second-order valence-electron chi connectivity index (χ2n) is 4.24. The molecule has 0 bridgehead atoms. The third-order valence-corrected chi connectivity index (χ3v) is 4.10. The van der Waals surface area contributed by atoms with E-state index in [1.807, 2.05) is 30.5 Å². The summed E-state index contributed by atoms with van der Waals surface area (Å²) < 4.78 is 2.07. The first-order valence-electron chi connectivity index (χ1n) is 5.69. The number of aryl methyl sites for hydroxylation is 1. The molecule has 1 heterocycles. The Hall–Kier alpha value is -0.710. The van der Waals surface area contributed by atoms with Crippen molar-refractivity contribution in [2.75, 3.05) is 0 Å². The van der Waals surface area contributed by atoms with Crippen molar-refractivity contribution in [3.05, 3.63) is 62.3 Å². The zero-order valence-corrected chi connectivity index (χ0v) is 13.2. The number of benzene rings is 1. The Morgan fingerprint density at radius 1 is 1.28 bits per heavy atom. The summed E-state index contributed by atoms with van der Waals surface area (Å²) in [6.07, 6.45) is 2.55. The van der Waals surface area contributed by atoms with Gasteiger partial charge in [-0.15, -0.1) is 0 Å². The van der Waals surface area contributed by atoms with Crippen molar-refractivity contribution in [3.8, 4) is 0 Å². The number of rotatable bonds is 3. The summed E-state index contributed by atoms with van der Waals surface area (Å²) in [5.74, 6) is 0. The Balaban J connectivity index is 2.25. The van der Waals surface area contributed by atoms with Crippen LogP contribution in [0.2, 0.25) is 0 Å². The minimum Gasteiger partial charge on any atom is -0.324 e. The van der Waals surface area contributed by atoms with E-state index in [1.54, 1.807) is 0 Å². The molecule has 0 saturated carbocycles. The lowest BCUT2D eigenvalue weighted by Crippen LogP contribution is -2.15. The van der Waals surface area contributed by atoms with Gasteiger partial charge >= 0.3 is 0 Å². The average molecular weight is 370 g/mol. The highest BCUT2D eigenvalue weighted by Gasteiger charge is 2.13. The first kappa shape index (κ1) is 13.7. The van der Waals surface area contributed by atoms with Gasteiger partial charge in [0.2, 0.25) is 0 Å². The molecule has 0 fully saturated rings. The van der Waals surface area contributed by atoms with E-state index < -0.39 is 0 Å². The molecule has 0 amide bonds. The minimum absolute atomic E-state index is 0.0644. The minimum atomic E-state index is -0.0644. The molecular weight excluding hydrogens is 356 g/mol. The maximum Gasteiger partial charge on any atom is 0.0451 e. The fourth-order valence-corrected chi connectivity index (χ4v) is 2.77. The molecule has 0 aliphatic carbocycles. The maximum atomic E-state index is 6.27. The Labute approximate surface area is 124 Å². The molecule has 2 aromatic rings. The number of nitrogens with zero attached hydrogens (tertiary/aromatic N) is 1. The summed E-state index contributed by atoms with van der Waals surface area (Å²) in [5.41, 5.74) is 9.60. The normalized spacial score (nSPS) is 12.4. The molecule has 18 heavy (non-hydrogen) atoms. The van der Waals surface area contributed by atoms with Gasteiger partial charge in [-0.25, -0.2) is 0 Å². The third-order valence-electron chi connectivity index (χ3n) is 2.89. The fourth-order valence-electron chi connectivity index (χ4n) is 1.85. The Kier molecular flexibility index (Phi) is 4.54. The second kappa shape index (κ2) is 5.95. The van der Waals surface area contributed by atoms with Crippen LogP contribution in [0.3, 0.4) is 0 Å². The quantitative estimate of drug-likeness (QED) is 0.882. The summed E-state index contributed by atoms with van der Waals surface area (Å²) in [6.45, 7) is 2.06. The topological polar surface area (TPSA) is 38.9 Å². The molecule has 0 aliphatic heterocycles. The highest BCUT2D eigenvalue weighted by atomic mass is 79.9. The summed E-state index contributed by atoms with van der Waals surface area (Å²) >= 11 is 7.01. The molecule has 1 aromatic carbocycles. The lowest BCUT2D eigenvalue weighted by molar-refractivity contribution is 0.699. The van der Waals surface area contributed by atoms with Crippen LogP contribution in [0, 0.1) is 6.92 Å². The van der Waals surface area contributed by atoms with Crippen LogP contribution in [0.25, 0.3) is 0 Å². The Morgan fingerprint density at radius 3 is 2.78 bits per heavy atom. The van der Waals surface area contributed by atoms with Gasteiger partial charge < -0.3 is 5.73 Å². The molecule has 1 aromatic heterocycles. The molecule has 1 unspecified atom stereocenters. The third kappa shape index (κ3) is 3.19. The van der Waals surface area contributed by atoms with Gasteiger partial charge in [0, 0.05) is 33.3 Å². The number of hydrogen-bond acceptors (Lipinski definition) is 2. The van der Waals surface area contributed by atoms with Crippen LogP contribution >= 0.6 is 31.9 Å². The molecule has 4 heteroatoms. The van der Waals surface area contributed by atoms with Gasteiger partial charge in [-0.3, -0.25) is 4.98 Å². The number of pyridine rings is 1. The van der Waals surface area contributed by atoms with Crippen molar-refractivity contribution in [3.63, 3.8) is 0 Å². The van der Waals surface area contributed by atoms with Crippen molar-refractivity contribution >= 4 is 31.9 Å². The zero-order chi connectivity index (χ0) is 13.1. The predicted octanol–water partition coefficient (Wildman–Crippen LogP) is 4.16. The molecule has 2 N–H and O–H groups in total. The van der Waals surface area contributed by atoms with Crippen LogP contribution in [0.4, 0.5) is 0 Å². The SMILES string of the molecule is Cc1cccnc1CC(N)c1cc(Br)ccc1Br. The number of nitrogens with two attached hydrogens (primary N) is 1. The first-order valence-corrected chi connectivity index (χ1v) is 7.27. The van der Waals surface area contributed by atoms with Gasteiger partial charge in [-0.2, -0.15) is 0 Å². The number of hydrogen-bond donors (Lipinski definition) is 1. The van der Waals surface area contributed by atoms with E-state index in [0.717, 1.165) is 26.6 Å². The second-order valence-corrected chi connectivity index (χ2v) is 6.01. The van der Waals surface area contributed by atoms with Crippen molar-refractivity contribution in [1.29, 1.82) is 0 Å². The van der Waals surface area contributed by atoms with Crippen molar-refractivity contribution < 1.29 is 0 Å². The predicted molar refractivity (Wildman–Crippen MR) is 81.4 cm³/mol. The molecule has 0 aliphatic rings. The average Bonchev–Trinajstić information content (AvgIpc) is 2.35. The van der Waals surface area contributed by atoms with Gasteiger partial charge in [-0.1, -0.05) is 37.9 Å². The van der Waals surface area contributed by atoms with Crippen LogP contribution in [-0.2, 0) is 6.42 Å². The summed E-state index contributed by atoms with van der Waals surface area (Å²) in [7, 11) is 0.